The van der Waals surface area contributed by atoms with Crippen molar-refractivity contribution in [1.29, 1.82) is 0 Å². The fourth-order valence-electron chi connectivity index (χ4n) is 2.81. The van der Waals surface area contributed by atoms with Gasteiger partial charge in [-0.3, -0.25) is 0 Å². The van der Waals surface area contributed by atoms with Crippen molar-refractivity contribution in [2.45, 2.75) is 51.4 Å². The van der Waals surface area contributed by atoms with Crippen molar-refractivity contribution in [3.8, 4) is 11.5 Å². The van der Waals surface area contributed by atoms with Gasteiger partial charge in [-0.15, -0.1) is 0 Å². The second kappa shape index (κ2) is 16.3. The Balaban J connectivity index is 1.68. The second-order valence-corrected chi connectivity index (χ2v) is 8.68. The zero-order valence-corrected chi connectivity index (χ0v) is 20.7. The third kappa shape index (κ3) is 11.1. The fourth-order valence-corrected chi connectivity index (χ4v) is 3.61. The Kier molecular flexibility index (Phi) is 13.5. The number of alkyl halides is 2. The largest absolute Gasteiger partial charge is 0.494 e. The van der Waals surface area contributed by atoms with Gasteiger partial charge < -0.3 is 9.47 Å². The topological polar surface area (TPSA) is 43.2 Å². The minimum atomic E-state index is 0.758. The van der Waals surface area contributed by atoms with Crippen LogP contribution in [0.5, 0.6) is 11.5 Å². The summed E-state index contributed by atoms with van der Waals surface area (Å²) in [5.41, 5.74) is 1.62. The van der Waals surface area contributed by atoms with Crippen molar-refractivity contribution in [3.63, 3.8) is 0 Å². The minimum absolute atomic E-state index is 0.758. The van der Waals surface area contributed by atoms with Gasteiger partial charge in [0.1, 0.15) is 11.5 Å². The standard InChI is InChI=1S/C24H32Br2N2O2/c25-17-5-1-3-7-19-29-23-13-9-21(10-14-23)27-28-22-11-15-24(16-12-22)30-20-8-4-2-6-18-26/h9-16H,1-8,17-20H2. The quantitative estimate of drug-likeness (QED) is 0.121. The van der Waals surface area contributed by atoms with E-state index >= 15 is 0 Å². The van der Waals surface area contributed by atoms with Crippen LogP contribution in [-0.4, -0.2) is 23.9 Å². The normalized spacial score (nSPS) is 11.1. The van der Waals surface area contributed by atoms with Crippen LogP contribution in [-0.2, 0) is 0 Å². The molecule has 0 saturated heterocycles. The highest BCUT2D eigenvalue weighted by Gasteiger charge is 1.98. The Morgan fingerprint density at radius 1 is 0.500 bits per heavy atom. The number of rotatable bonds is 16. The SMILES string of the molecule is BrCCCCCCOc1ccc(N=Nc2ccc(OCCCCCCBr)cc2)cc1. The zero-order valence-electron chi connectivity index (χ0n) is 17.6. The summed E-state index contributed by atoms with van der Waals surface area (Å²) >= 11 is 6.91. The Labute approximate surface area is 197 Å². The number of benzene rings is 2. The molecule has 0 aliphatic rings. The summed E-state index contributed by atoms with van der Waals surface area (Å²) in [4.78, 5) is 0. The van der Waals surface area contributed by atoms with E-state index in [0.29, 0.717) is 0 Å². The molecule has 0 aliphatic heterocycles. The molecule has 2 rings (SSSR count). The molecule has 0 amide bonds. The van der Waals surface area contributed by atoms with Gasteiger partial charge in [0.05, 0.1) is 24.6 Å². The maximum atomic E-state index is 5.78. The number of azo groups is 1. The highest BCUT2D eigenvalue weighted by molar-refractivity contribution is 9.09. The van der Waals surface area contributed by atoms with E-state index in [2.05, 4.69) is 42.1 Å². The fraction of sp³-hybridized carbons (Fsp3) is 0.500. The molecule has 0 atom stereocenters. The van der Waals surface area contributed by atoms with E-state index in [9.17, 15) is 0 Å². The molecule has 0 aromatic heterocycles. The van der Waals surface area contributed by atoms with Crippen molar-refractivity contribution in [2.24, 2.45) is 10.2 Å². The smallest absolute Gasteiger partial charge is 0.119 e. The highest BCUT2D eigenvalue weighted by atomic mass is 79.9. The van der Waals surface area contributed by atoms with Gasteiger partial charge in [-0.05, 0) is 74.2 Å². The summed E-state index contributed by atoms with van der Waals surface area (Å²) in [7, 11) is 0. The van der Waals surface area contributed by atoms with Crippen molar-refractivity contribution >= 4 is 43.2 Å². The Morgan fingerprint density at radius 2 is 0.867 bits per heavy atom. The van der Waals surface area contributed by atoms with Crippen LogP contribution in [0.15, 0.2) is 58.8 Å². The summed E-state index contributed by atoms with van der Waals surface area (Å²) < 4.78 is 11.6. The predicted molar refractivity (Wildman–Crippen MR) is 133 cm³/mol. The number of ether oxygens (including phenoxy) is 2. The van der Waals surface area contributed by atoms with E-state index in [0.717, 1.165) is 59.6 Å². The van der Waals surface area contributed by atoms with Crippen molar-refractivity contribution in [2.75, 3.05) is 23.9 Å². The van der Waals surface area contributed by atoms with Crippen LogP contribution < -0.4 is 9.47 Å². The Morgan fingerprint density at radius 3 is 1.23 bits per heavy atom. The minimum Gasteiger partial charge on any atom is -0.494 e. The maximum absolute atomic E-state index is 5.78. The van der Waals surface area contributed by atoms with Crippen LogP contribution in [0.1, 0.15) is 51.4 Å². The molecule has 0 spiro atoms. The van der Waals surface area contributed by atoms with Gasteiger partial charge >= 0.3 is 0 Å². The van der Waals surface area contributed by atoms with Gasteiger partial charge in [0.15, 0.2) is 0 Å². The molecule has 30 heavy (non-hydrogen) atoms. The van der Waals surface area contributed by atoms with Gasteiger partial charge in [-0.25, -0.2) is 0 Å². The van der Waals surface area contributed by atoms with Crippen LogP contribution >= 0.6 is 31.9 Å². The number of halogens is 2. The summed E-state index contributed by atoms with van der Waals surface area (Å²) in [6.07, 6.45) is 9.55. The molecule has 4 nitrogen and oxygen atoms in total. The van der Waals surface area contributed by atoms with E-state index in [1.54, 1.807) is 0 Å². The van der Waals surface area contributed by atoms with E-state index in [-0.39, 0.29) is 0 Å². The highest BCUT2D eigenvalue weighted by Crippen LogP contribution is 2.23. The first-order valence-corrected chi connectivity index (χ1v) is 13.1. The van der Waals surface area contributed by atoms with Gasteiger partial charge in [0.2, 0.25) is 0 Å². The number of hydrogen-bond donors (Lipinski definition) is 0. The summed E-state index contributed by atoms with van der Waals surface area (Å²) in [5, 5.41) is 10.8. The molecule has 0 saturated carbocycles. The Bertz CT molecular complexity index is 645. The summed E-state index contributed by atoms with van der Waals surface area (Å²) in [5.74, 6) is 1.76. The van der Waals surface area contributed by atoms with E-state index in [1.165, 1.54) is 38.5 Å². The zero-order chi connectivity index (χ0) is 21.3. The maximum Gasteiger partial charge on any atom is 0.119 e. The first kappa shape index (κ1) is 24.9. The predicted octanol–water partition coefficient (Wildman–Crippen LogP) is 8.77. The molecule has 0 N–H and O–H groups in total. The van der Waals surface area contributed by atoms with Gasteiger partial charge in [-0.1, -0.05) is 57.5 Å². The van der Waals surface area contributed by atoms with E-state index < -0.39 is 0 Å². The lowest BCUT2D eigenvalue weighted by molar-refractivity contribution is 0.305. The molecule has 0 aliphatic carbocycles. The molecule has 0 unspecified atom stereocenters. The first-order valence-electron chi connectivity index (χ1n) is 10.8. The monoisotopic (exact) mass is 538 g/mol. The van der Waals surface area contributed by atoms with Crippen LogP contribution in [0, 0.1) is 0 Å². The molecule has 2 aromatic carbocycles. The first-order chi connectivity index (χ1) is 14.8. The van der Waals surface area contributed by atoms with Crippen LogP contribution in [0.25, 0.3) is 0 Å². The summed E-state index contributed by atoms with van der Waals surface area (Å²) in [6.45, 7) is 1.52. The third-order valence-electron chi connectivity index (χ3n) is 4.55. The van der Waals surface area contributed by atoms with Gasteiger partial charge in [0, 0.05) is 10.7 Å². The van der Waals surface area contributed by atoms with E-state index in [1.807, 2.05) is 48.5 Å². The summed E-state index contributed by atoms with van der Waals surface area (Å²) in [6, 6.07) is 15.5. The van der Waals surface area contributed by atoms with Gasteiger partial charge in [-0.2, -0.15) is 10.2 Å². The molecular formula is C24H32Br2N2O2. The van der Waals surface area contributed by atoms with Crippen molar-refractivity contribution in [1.82, 2.24) is 0 Å². The molecule has 0 heterocycles. The van der Waals surface area contributed by atoms with Crippen molar-refractivity contribution in [3.05, 3.63) is 48.5 Å². The molecular weight excluding hydrogens is 508 g/mol. The van der Waals surface area contributed by atoms with Crippen LogP contribution in [0.2, 0.25) is 0 Å². The van der Waals surface area contributed by atoms with Crippen LogP contribution in [0.4, 0.5) is 11.4 Å². The molecule has 164 valence electrons. The number of unbranched alkanes of at least 4 members (excludes halogenated alkanes) is 6. The molecule has 6 heteroatoms. The lowest BCUT2D eigenvalue weighted by Crippen LogP contribution is -1.97. The third-order valence-corrected chi connectivity index (χ3v) is 5.67. The second-order valence-electron chi connectivity index (χ2n) is 7.09. The molecule has 0 radical (unpaired) electrons. The van der Waals surface area contributed by atoms with Crippen molar-refractivity contribution < 1.29 is 9.47 Å². The van der Waals surface area contributed by atoms with E-state index in [4.69, 9.17) is 9.47 Å². The number of hydrogen-bond acceptors (Lipinski definition) is 4. The average molecular weight is 540 g/mol. The average Bonchev–Trinajstić information content (AvgIpc) is 2.79. The Hall–Kier alpha value is -1.40. The van der Waals surface area contributed by atoms with Gasteiger partial charge in [0.25, 0.3) is 0 Å². The van der Waals surface area contributed by atoms with Crippen LogP contribution in [0.3, 0.4) is 0 Å². The number of nitrogens with zero attached hydrogens (tertiary/aromatic N) is 2. The molecule has 0 bridgehead atoms. The molecule has 0 fully saturated rings. The molecule has 2 aromatic rings. The lowest BCUT2D eigenvalue weighted by atomic mass is 10.2. The lowest BCUT2D eigenvalue weighted by Gasteiger charge is -2.06.